The number of nitrogens with zero attached hydrogens (tertiary/aromatic N) is 1. The van der Waals surface area contributed by atoms with Gasteiger partial charge in [-0.2, -0.15) is 0 Å². The molecule has 4 heteroatoms. The largest absolute Gasteiger partial charge is 0.494 e. The zero-order valence-electron chi connectivity index (χ0n) is 11.1. The third-order valence-corrected chi connectivity index (χ3v) is 3.49. The Hall–Kier alpha value is -1.55. The molecule has 1 heterocycles. The first-order chi connectivity index (χ1) is 9.25. The lowest BCUT2D eigenvalue weighted by Gasteiger charge is -2.30. The zero-order chi connectivity index (χ0) is 13.5. The lowest BCUT2D eigenvalue weighted by atomic mass is 9.98. The molecule has 0 amide bonds. The number of hydrogen-bond acceptors (Lipinski definition) is 3. The fourth-order valence-corrected chi connectivity index (χ4v) is 2.46. The minimum absolute atomic E-state index is 0.191. The normalized spacial score (nSPS) is 20.1. The topological polar surface area (TPSA) is 49.8 Å². The number of aliphatic carboxylic acids is 1. The van der Waals surface area contributed by atoms with Gasteiger partial charge < -0.3 is 14.7 Å². The lowest BCUT2D eigenvalue weighted by Crippen LogP contribution is -2.39. The number of ether oxygens (including phenoxy) is 1. The van der Waals surface area contributed by atoms with Crippen LogP contribution in [0.1, 0.15) is 19.3 Å². The summed E-state index contributed by atoms with van der Waals surface area (Å²) in [6.45, 7) is 3.28. The molecular formula is C15H21NO3. The Morgan fingerprint density at radius 2 is 2.16 bits per heavy atom. The van der Waals surface area contributed by atoms with Crippen LogP contribution >= 0.6 is 0 Å². The summed E-state index contributed by atoms with van der Waals surface area (Å²) < 4.78 is 5.63. The van der Waals surface area contributed by atoms with Crippen molar-refractivity contribution < 1.29 is 14.6 Å². The van der Waals surface area contributed by atoms with E-state index in [4.69, 9.17) is 9.84 Å². The predicted molar refractivity (Wildman–Crippen MR) is 73.4 cm³/mol. The first-order valence-corrected chi connectivity index (χ1v) is 6.89. The maximum atomic E-state index is 11.0. The van der Waals surface area contributed by atoms with E-state index in [0.29, 0.717) is 13.2 Å². The highest BCUT2D eigenvalue weighted by atomic mass is 16.5. The van der Waals surface area contributed by atoms with Gasteiger partial charge in [-0.25, -0.2) is 0 Å². The summed E-state index contributed by atoms with van der Waals surface area (Å²) in [5.74, 6) is 0.0404. The lowest BCUT2D eigenvalue weighted by molar-refractivity contribution is -0.143. The van der Waals surface area contributed by atoms with Gasteiger partial charge in [-0.1, -0.05) is 18.2 Å². The van der Waals surface area contributed by atoms with Gasteiger partial charge >= 0.3 is 5.97 Å². The number of piperidine rings is 1. The number of hydrogen-bond donors (Lipinski definition) is 1. The number of carboxylic acid groups (broad SMARTS) is 1. The molecule has 0 aliphatic carbocycles. The number of benzene rings is 1. The molecule has 0 radical (unpaired) electrons. The van der Waals surface area contributed by atoms with Gasteiger partial charge in [0.1, 0.15) is 5.75 Å². The van der Waals surface area contributed by atoms with Gasteiger partial charge in [0.15, 0.2) is 0 Å². The van der Waals surface area contributed by atoms with Crippen molar-refractivity contribution in [3.63, 3.8) is 0 Å². The zero-order valence-corrected chi connectivity index (χ0v) is 11.1. The molecule has 1 N–H and O–H groups in total. The Kier molecular flexibility index (Phi) is 5.21. The number of para-hydroxylation sites is 1. The third-order valence-electron chi connectivity index (χ3n) is 3.49. The summed E-state index contributed by atoms with van der Waals surface area (Å²) in [6.07, 6.45) is 2.73. The fourth-order valence-electron chi connectivity index (χ4n) is 2.46. The van der Waals surface area contributed by atoms with E-state index in [9.17, 15) is 4.79 Å². The fraction of sp³-hybridized carbons (Fsp3) is 0.533. The van der Waals surface area contributed by atoms with Crippen LogP contribution in [0.15, 0.2) is 30.3 Å². The van der Waals surface area contributed by atoms with E-state index >= 15 is 0 Å². The van der Waals surface area contributed by atoms with E-state index in [-0.39, 0.29) is 5.92 Å². The molecule has 4 nitrogen and oxygen atoms in total. The molecule has 19 heavy (non-hydrogen) atoms. The average Bonchev–Trinajstić information content (AvgIpc) is 2.45. The van der Waals surface area contributed by atoms with E-state index in [1.165, 1.54) is 0 Å². The molecule has 0 bridgehead atoms. The second kappa shape index (κ2) is 7.14. The average molecular weight is 263 g/mol. The maximum Gasteiger partial charge on any atom is 0.307 e. The van der Waals surface area contributed by atoms with E-state index < -0.39 is 5.97 Å². The van der Waals surface area contributed by atoms with E-state index in [0.717, 1.165) is 38.1 Å². The highest BCUT2D eigenvalue weighted by Crippen LogP contribution is 2.16. The summed E-state index contributed by atoms with van der Waals surface area (Å²) in [5.41, 5.74) is 0. The summed E-state index contributed by atoms with van der Waals surface area (Å²) in [7, 11) is 0. The summed E-state index contributed by atoms with van der Waals surface area (Å²) in [6, 6.07) is 9.77. The minimum atomic E-state index is -0.662. The van der Waals surface area contributed by atoms with Crippen LogP contribution in [0, 0.1) is 5.92 Å². The monoisotopic (exact) mass is 263 g/mol. The number of rotatable bonds is 6. The molecule has 2 rings (SSSR count). The quantitative estimate of drug-likeness (QED) is 0.800. The SMILES string of the molecule is O=C(O)C1CCCN(CCCOc2ccccc2)C1. The molecular weight excluding hydrogens is 242 g/mol. The van der Waals surface area contributed by atoms with Crippen molar-refractivity contribution in [3.8, 4) is 5.75 Å². The second-order valence-electron chi connectivity index (χ2n) is 4.99. The Labute approximate surface area is 114 Å². The van der Waals surface area contributed by atoms with Gasteiger partial charge in [0, 0.05) is 13.1 Å². The van der Waals surface area contributed by atoms with Crippen LogP contribution in [0.2, 0.25) is 0 Å². The van der Waals surface area contributed by atoms with Crippen LogP contribution in [0.3, 0.4) is 0 Å². The molecule has 0 saturated carbocycles. The molecule has 1 aliphatic rings. The third kappa shape index (κ3) is 4.56. The summed E-state index contributed by atoms with van der Waals surface area (Å²) >= 11 is 0. The van der Waals surface area contributed by atoms with E-state index in [2.05, 4.69) is 4.90 Å². The van der Waals surface area contributed by atoms with Crippen LogP contribution in [0.25, 0.3) is 0 Å². The van der Waals surface area contributed by atoms with Crippen molar-refractivity contribution in [2.45, 2.75) is 19.3 Å². The standard InChI is InChI=1S/C15H21NO3/c17-15(18)13-6-4-9-16(12-13)10-5-11-19-14-7-2-1-3-8-14/h1-3,7-8,13H,4-6,9-12H2,(H,17,18). The van der Waals surface area contributed by atoms with Crippen molar-refractivity contribution in [2.75, 3.05) is 26.2 Å². The molecule has 1 aromatic rings. The van der Waals surface area contributed by atoms with Crippen LogP contribution in [-0.2, 0) is 4.79 Å². The van der Waals surface area contributed by atoms with Crippen LogP contribution < -0.4 is 4.74 Å². The smallest absolute Gasteiger partial charge is 0.307 e. The van der Waals surface area contributed by atoms with Gasteiger partial charge in [0.2, 0.25) is 0 Å². The van der Waals surface area contributed by atoms with Gasteiger partial charge in [0.25, 0.3) is 0 Å². The Morgan fingerprint density at radius 1 is 1.37 bits per heavy atom. The summed E-state index contributed by atoms with van der Waals surface area (Å²) in [5, 5.41) is 9.02. The van der Waals surface area contributed by atoms with Crippen molar-refractivity contribution in [1.29, 1.82) is 0 Å². The highest BCUT2D eigenvalue weighted by molar-refractivity contribution is 5.70. The van der Waals surface area contributed by atoms with Gasteiger partial charge in [-0.3, -0.25) is 4.79 Å². The van der Waals surface area contributed by atoms with Crippen molar-refractivity contribution >= 4 is 5.97 Å². The Morgan fingerprint density at radius 3 is 2.89 bits per heavy atom. The van der Waals surface area contributed by atoms with Crippen molar-refractivity contribution in [2.24, 2.45) is 5.92 Å². The minimum Gasteiger partial charge on any atom is -0.494 e. The Bertz CT molecular complexity index is 394. The molecule has 0 aromatic heterocycles. The van der Waals surface area contributed by atoms with Crippen molar-refractivity contribution in [1.82, 2.24) is 4.90 Å². The highest BCUT2D eigenvalue weighted by Gasteiger charge is 2.24. The number of carboxylic acids is 1. The molecule has 0 spiro atoms. The molecule has 104 valence electrons. The van der Waals surface area contributed by atoms with Crippen LogP contribution in [0.4, 0.5) is 0 Å². The molecule has 1 atom stereocenters. The van der Waals surface area contributed by atoms with Gasteiger partial charge in [-0.05, 0) is 37.9 Å². The first-order valence-electron chi connectivity index (χ1n) is 6.89. The molecule has 1 aromatic carbocycles. The number of carbonyl (C=O) groups is 1. The van der Waals surface area contributed by atoms with Gasteiger partial charge in [-0.15, -0.1) is 0 Å². The van der Waals surface area contributed by atoms with Crippen molar-refractivity contribution in [3.05, 3.63) is 30.3 Å². The summed E-state index contributed by atoms with van der Waals surface area (Å²) in [4.78, 5) is 13.2. The van der Waals surface area contributed by atoms with E-state index in [1.54, 1.807) is 0 Å². The Balaban J connectivity index is 1.64. The number of likely N-dealkylation sites (tertiary alicyclic amines) is 1. The molecule has 1 saturated heterocycles. The first kappa shape index (κ1) is 13.9. The molecule has 1 fully saturated rings. The van der Waals surface area contributed by atoms with Gasteiger partial charge in [0.05, 0.1) is 12.5 Å². The predicted octanol–water partition coefficient (Wildman–Crippen LogP) is 2.25. The maximum absolute atomic E-state index is 11.0. The van der Waals surface area contributed by atoms with E-state index in [1.807, 2.05) is 30.3 Å². The molecule has 1 unspecified atom stereocenters. The van der Waals surface area contributed by atoms with Crippen LogP contribution in [-0.4, -0.2) is 42.2 Å². The molecule has 1 aliphatic heterocycles. The van der Waals surface area contributed by atoms with Crippen LogP contribution in [0.5, 0.6) is 5.75 Å². The second-order valence-corrected chi connectivity index (χ2v) is 4.99.